The maximum Gasteiger partial charge on any atom is 0.193 e. The van der Waals surface area contributed by atoms with Crippen LogP contribution >= 0.6 is 0 Å². The number of Topliss-reactive ketones (excluding diaryl/α,β-unsaturated/α-hetero) is 1. The zero-order valence-corrected chi connectivity index (χ0v) is 17.6. The predicted octanol–water partition coefficient (Wildman–Crippen LogP) is 5.73. The average Bonchev–Trinajstić information content (AvgIpc) is 3.22. The Hall–Kier alpha value is -3.60. The fraction of sp³-hybridized carbons (Fsp3) is 0.231. The van der Waals surface area contributed by atoms with Crippen LogP contribution in [0.15, 0.2) is 82.6 Å². The molecule has 0 fully saturated rings. The van der Waals surface area contributed by atoms with Crippen molar-refractivity contribution >= 4 is 22.9 Å². The van der Waals surface area contributed by atoms with Crippen LogP contribution in [-0.4, -0.2) is 11.6 Å². The zero-order chi connectivity index (χ0) is 21.6. The Morgan fingerprint density at radius 2 is 1.77 bits per heavy atom. The molecular formula is C26H24N2O3. The lowest BCUT2D eigenvalue weighted by atomic mass is 9.74. The molecule has 2 heterocycles. The van der Waals surface area contributed by atoms with E-state index in [0.29, 0.717) is 28.9 Å². The average molecular weight is 412 g/mol. The van der Waals surface area contributed by atoms with E-state index in [4.69, 9.17) is 4.42 Å². The number of carbonyl (C=O) groups excluding carboxylic acids is 2. The zero-order valence-electron chi connectivity index (χ0n) is 17.6. The fourth-order valence-corrected chi connectivity index (χ4v) is 4.51. The third-order valence-electron chi connectivity index (χ3n) is 5.94. The highest BCUT2D eigenvalue weighted by atomic mass is 16.3. The summed E-state index contributed by atoms with van der Waals surface area (Å²) in [5.41, 5.74) is 4.31. The number of hydrogen-bond acceptors (Lipinski definition) is 5. The SMILES string of the molecule is CC1(C)CC(=O)C2=C(C1)Nc1cc(C(=O)c3ccccc3)ccc1N[C@H]2c1ccco1. The molecule has 0 unspecified atom stereocenters. The lowest BCUT2D eigenvalue weighted by Gasteiger charge is -2.33. The summed E-state index contributed by atoms with van der Waals surface area (Å²) in [5, 5.41) is 6.97. The predicted molar refractivity (Wildman–Crippen MR) is 120 cm³/mol. The van der Waals surface area contributed by atoms with Crippen LogP contribution in [0.4, 0.5) is 11.4 Å². The van der Waals surface area contributed by atoms with E-state index in [0.717, 1.165) is 23.5 Å². The van der Waals surface area contributed by atoms with Crippen molar-refractivity contribution in [3.8, 4) is 0 Å². The molecule has 5 rings (SSSR count). The maximum absolute atomic E-state index is 13.2. The lowest BCUT2D eigenvalue weighted by Crippen LogP contribution is -2.31. The van der Waals surface area contributed by atoms with E-state index in [1.165, 1.54) is 0 Å². The highest BCUT2D eigenvalue weighted by Gasteiger charge is 2.39. The summed E-state index contributed by atoms with van der Waals surface area (Å²) < 4.78 is 5.68. The fourth-order valence-electron chi connectivity index (χ4n) is 4.51. The Morgan fingerprint density at radius 3 is 2.52 bits per heavy atom. The van der Waals surface area contributed by atoms with Crippen LogP contribution in [-0.2, 0) is 4.79 Å². The molecule has 1 aliphatic carbocycles. The number of anilines is 2. The maximum atomic E-state index is 13.2. The van der Waals surface area contributed by atoms with Crippen LogP contribution in [0, 0.1) is 5.41 Å². The van der Waals surface area contributed by atoms with Crippen molar-refractivity contribution in [3.63, 3.8) is 0 Å². The van der Waals surface area contributed by atoms with Crippen molar-refractivity contribution in [3.05, 3.63) is 95.1 Å². The Morgan fingerprint density at radius 1 is 0.968 bits per heavy atom. The molecule has 5 nitrogen and oxygen atoms in total. The first-order valence-corrected chi connectivity index (χ1v) is 10.5. The van der Waals surface area contributed by atoms with Crippen molar-refractivity contribution in [2.24, 2.45) is 5.41 Å². The van der Waals surface area contributed by atoms with E-state index in [2.05, 4.69) is 24.5 Å². The first kappa shape index (κ1) is 19.4. The molecule has 156 valence electrons. The van der Waals surface area contributed by atoms with E-state index >= 15 is 0 Å². The van der Waals surface area contributed by atoms with Crippen LogP contribution in [0.2, 0.25) is 0 Å². The summed E-state index contributed by atoms with van der Waals surface area (Å²) in [6.45, 7) is 4.21. The molecular weight excluding hydrogens is 388 g/mol. The highest BCUT2D eigenvalue weighted by Crippen LogP contribution is 2.45. The van der Waals surface area contributed by atoms with Gasteiger partial charge in [-0.2, -0.15) is 0 Å². The molecule has 1 aromatic heterocycles. The molecule has 2 aromatic carbocycles. The largest absolute Gasteiger partial charge is 0.467 e. The summed E-state index contributed by atoms with van der Waals surface area (Å²) in [6.07, 6.45) is 2.85. The summed E-state index contributed by atoms with van der Waals surface area (Å²) in [5.74, 6) is 0.770. The molecule has 1 atom stereocenters. The van der Waals surface area contributed by atoms with Crippen molar-refractivity contribution in [2.45, 2.75) is 32.7 Å². The Bertz CT molecular complexity index is 1190. The second kappa shape index (κ2) is 7.27. The second-order valence-electron chi connectivity index (χ2n) is 9.01. The van der Waals surface area contributed by atoms with E-state index in [-0.39, 0.29) is 23.0 Å². The summed E-state index contributed by atoms with van der Waals surface area (Å²) >= 11 is 0. The number of nitrogens with one attached hydrogen (secondary N) is 2. The number of rotatable bonds is 3. The topological polar surface area (TPSA) is 71.3 Å². The van der Waals surface area contributed by atoms with Crippen molar-refractivity contribution < 1.29 is 14.0 Å². The second-order valence-corrected chi connectivity index (χ2v) is 9.01. The minimum Gasteiger partial charge on any atom is -0.467 e. The van der Waals surface area contributed by atoms with Crippen molar-refractivity contribution in [1.82, 2.24) is 0 Å². The van der Waals surface area contributed by atoms with E-state index in [1.807, 2.05) is 60.7 Å². The molecule has 0 bridgehead atoms. The van der Waals surface area contributed by atoms with Crippen molar-refractivity contribution in [2.75, 3.05) is 10.6 Å². The number of allylic oxidation sites excluding steroid dienone is 1. The highest BCUT2D eigenvalue weighted by molar-refractivity contribution is 6.10. The van der Waals surface area contributed by atoms with Crippen LogP contribution in [0.25, 0.3) is 0 Å². The van der Waals surface area contributed by atoms with E-state index in [1.54, 1.807) is 6.26 Å². The number of carbonyl (C=O) groups is 2. The summed E-state index contributed by atoms with van der Waals surface area (Å²) in [6, 6.07) is 18.1. The Labute approximate surface area is 181 Å². The van der Waals surface area contributed by atoms with Crippen LogP contribution in [0.3, 0.4) is 0 Å². The molecule has 0 saturated carbocycles. The van der Waals surface area contributed by atoms with Gasteiger partial charge >= 0.3 is 0 Å². The molecule has 0 radical (unpaired) electrons. The van der Waals surface area contributed by atoms with Gasteiger partial charge in [0.15, 0.2) is 11.6 Å². The van der Waals surface area contributed by atoms with Gasteiger partial charge in [0.1, 0.15) is 11.8 Å². The summed E-state index contributed by atoms with van der Waals surface area (Å²) in [4.78, 5) is 26.2. The number of fused-ring (bicyclic) bond motifs is 1. The third kappa shape index (κ3) is 3.56. The van der Waals surface area contributed by atoms with E-state index in [9.17, 15) is 9.59 Å². The normalized spacial score (nSPS) is 19.5. The summed E-state index contributed by atoms with van der Waals surface area (Å²) in [7, 11) is 0. The first-order chi connectivity index (χ1) is 14.9. The molecule has 0 amide bonds. The molecule has 2 N–H and O–H groups in total. The van der Waals surface area contributed by atoms with Gasteiger partial charge in [0.2, 0.25) is 0 Å². The minimum atomic E-state index is -0.377. The van der Waals surface area contributed by atoms with Crippen LogP contribution in [0.1, 0.15) is 54.4 Å². The minimum absolute atomic E-state index is 0.0358. The van der Waals surface area contributed by atoms with Crippen molar-refractivity contribution in [1.29, 1.82) is 0 Å². The van der Waals surface area contributed by atoms with Gasteiger partial charge in [0.25, 0.3) is 0 Å². The number of ketones is 2. The first-order valence-electron chi connectivity index (χ1n) is 10.5. The number of furan rings is 1. The Kier molecular flexibility index (Phi) is 4.54. The van der Waals surface area contributed by atoms with Gasteiger partial charge < -0.3 is 15.1 Å². The van der Waals surface area contributed by atoms with Crippen LogP contribution < -0.4 is 10.6 Å². The molecule has 3 aromatic rings. The molecule has 2 aliphatic rings. The van der Waals surface area contributed by atoms with Gasteiger partial charge in [-0.15, -0.1) is 0 Å². The monoisotopic (exact) mass is 412 g/mol. The van der Waals surface area contributed by atoms with Gasteiger partial charge in [0.05, 0.1) is 17.6 Å². The lowest BCUT2D eigenvalue weighted by molar-refractivity contribution is -0.118. The molecule has 0 spiro atoms. The van der Waals surface area contributed by atoms with Gasteiger partial charge in [-0.3, -0.25) is 9.59 Å². The quantitative estimate of drug-likeness (QED) is 0.537. The number of benzene rings is 2. The van der Waals surface area contributed by atoms with E-state index < -0.39 is 0 Å². The smallest absolute Gasteiger partial charge is 0.193 e. The molecule has 1 aliphatic heterocycles. The molecule has 0 saturated heterocycles. The van der Waals surface area contributed by atoms with Gasteiger partial charge in [0, 0.05) is 28.8 Å². The third-order valence-corrected chi connectivity index (χ3v) is 5.94. The molecule has 5 heteroatoms. The standard InChI is InChI=1S/C26H24N2O3/c1-26(2)14-20-23(21(29)15-26)24(22-9-6-12-31-22)28-18-11-10-17(13-19(18)27-20)25(30)16-7-4-3-5-8-16/h3-13,24,27-28H,14-15H2,1-2H3/t24-/m0/s1. The van der Waals surface area contributed by atoms with Crippen LogP contribution in [0.5, 0.6) is 0 Å². The van der Waals surface area contributed by atoms with Gasteiger partial charge in [-0.05, 0) is 42.2 Å². The number of hydrogen-bond donors (Lipinski definition) is 2. The van der Waals surface area contributed by atoms with Gasteiger partial charge in [-0.1, -0.05) is 44.2 Å². The molecule has 31 heavy (non-hydrogen) atoms. The Balaban J connectivity index is 1.60. The van der Waals surface area contributed by atoms with Gasteiger partial charge in [-0.25, -0.2) is 0 Å².